The SMILES string of the molecule is CCCOc1ccc(CCCN(CC)CC)cc1N. The van der Waals surface area contributed by atoms with E-state index in [-0.39, 0.29) is 0 Å². The zero-order valence-electron chi connectivity index (χ0n) is 12.6. The van der Waals surface area contributed by atoms with Crippen LogP contribution in [0.15, 0.2) is 18.2 Å². The topological polar surface area (TPSA) is 38.5 Å². The summed E-state index contributed by atoms with van der Waals surface area (Å²) in [7, 11) is 0. The van der Waals surface area contributed by atoms with Gasteiger partial charge in [0.25, 0.3) is 0 Å². The summed E-state index contributed by atoms with van der Waals surface area (Å²) in [5.74, 6) is 0.814. The van der Waals surface area contributed by atoms with Crippen LogP contribution in [0.4, 0.5) is 5.69 Å². The lowest BCUT2D eigenvalue weighted by Crippen LogP contribution is -2.24. The summed E-state index contributed by atoms with van der Waals surface area (Å²) in [5.41, 5.74) is 8.07. The first-order chi connectivity index (χ1) is 9.21. The van der Waals surface area contributed by atoms with E-state index < -0.39 is 0 Å². The van der Waals surface area contributed by atoms with Gasteiger partial charge in [-0.1, -0.05) is 26.8 Å². The van der Waals surface area contributed by atoms with E-state index in [2.05, 4.69) is 31.7 Å². The molecule has 1 rings (SSSR count). The van der Waals surface area contributed by atoms with Crippen molar-refractivity contribution < 1.29 is 4.74 Å². The van der Waals surface area contributed by atoms with Crippen molar-refractivity contribution in [3.63, 3.8) is 0 Å². The van der Waals surface area contributed by atoms with Crippen LogP contribution in [0.3, 0.4) is 0 Å². The maximum Gasteiger partial charge on any atom is 0.142 e. The second kappa shape index (κ2) is 8.81. The van der Waals surface area contributed by atoms with Gasteiger partial charge in [0.15, 0.2) is 0 Å². The third kappa shape index (κ3) is 5.52. The van der Waals surface area contributed by atoms with Crippen LogP contribution >= 0.6 is 0 Å². The molecule has 0 amide bonds. The van der Waals surface area contributed by atoms with Crippen molar-refractivity contribution in [2.24, 2.45) is 0 Å². The lowest BCUT2D eigenvalue weighted by Gasteiger charge is -2.17. The number of anilines is 1. The van der Waals surface area contributed by atoms with Crippen molar-refractivity contribution >= 4 is 5.69 Å². The van der Waals surface area contributed by atoms with Crippen molar-refractivity contribution in [3.8, 4) is 5.75 Å². The van der Waals surface area contributed by atoms with Crippen molar-refractivity contribution in [2.45, 2.75) is 40.0 Å². The maximum atomic E-state index is 6.01. The molecule has 0 heterocycles. The van der Waals surface area contributed by atoms with E-state index in [9.17, 15) is 0 Å². The van der Waals surface area contributed by atoms with Crippen molar-refractivity contribution in [1.82, 2.24) is 4.90 Å². The highest BCUT2D eigenvalue weighted by molar-refractivity contribution is 5.54. The Kier molecular flexibility index (Phi) is 7.34. The largest absolute Gasteiger partial charge is 0.491 e. The molecule has 3 nitrogen and oxygen atoms in total. The zero-order chi connectivity index (χ0) is 14.1. The molecule has 0 aliphatic heterocycles. The standard InChI is InChI=1S/C16H28N2O/c1-4-12-19-16-10-9-14(13-15(16)17)8-7-11-18(5-2)6-3/h9-10,13H,4-8,11-12,17H2,1-3H3. The minimum absolute atomic E-state index is 0.728. The second-order valence-electron chi connectivity index (χ2n) is 4.85. The highest BCUT2D eigenvalue weighted by atomic mass is 16.5. The lowest BCUT2D eigenvalue weighted by molar-refractivity contribution is 0.300. The number of benzene rings is 1. The Morgan fingerprint density at radius 1 is 1.16 bits per heavy atom. The molecule has 0 aromatic heterocycles. The van der Waals surface area contributed by atoms with E-state index in [1.165, 1.54) is 12.0 Å². The van der Waals surface area contributed by atoms with Gasteiger partial charge in [-0.3, -0.25) is 0 Å². The highest BCUT2D eigenvalue weighted by Gasteiger charge is 2.03. The van der Waals surface area contributed by atoms with Crippen LogP contribution in [0.1, 0.15) is 39.2 Å². The molecule has 0 spiro atoms. The van der Waals surface area contributed by atoms with Crippen LogP contribution in [-0.2, 0) is 6.42 Å². The molecule has 0 aliphatic rings. The van der Waals surface area contributed by atoms with Gasteiger partial charge >= 0.3 is 0 Å². The molecule has 1 aromatic carbocycles. The average molecular weight is 264 g/mol. The Labute approximate surface area is 117 Å². The molecule has 0 fully saturated rings. The third-order valence-corrected chi connectivity index (χ3v) is 3.37. The van der Waals surface area contributed by atoms with Crippen LogP contribution in [0.25, 0.3) is 0 Å². The predicted molar refractivity (Wildman–Crippen MR) is 82.7 cm³/mol. The molecular weight excluding hydrogens is 236 g/mol. The molecule has 0 radical (unpaired) electrons. The molecule has 0 atom stereocenters. The summed E-state index contributed by atoms with van der Waals surface area (Å²) < 4.78 is 5.59. The monoisotopic (exact) mass is 264 g/mol. The summed E-state index contributed by atoms with van der Waals surface area (Å²) in [6.07, 6.45) is 3.26. The second-order valence-corrected chi connectivity index (χ2v) is 4.85. The Balaban J connectivity index is 2.44. The van der Waals surface area contributed by atoms with E-state index in [0.717, 1.165) is 50.5 Å². The van der Waals surface area contributed by atoms with Gasteiger partial charge in [-0.2, -0.15) is 0 Å². The Bertz CT molecular complexity index is 362. The van der Waals surface area contributed by atoms with Crippen LogP contribution in [0.5, 0.6) is 5.75 Å². The number of rotatable bonds is 9. The predicted octanol–water partition coefficient (Wildman–Crippen LogP) is 3.33. The van der Waals surface area contributed by atoms with Crippen molar-refractivity contribution in [2.75, 3.05) is 32.0 Å². The number of aryl methyl sites for hydroxylation is 1. The Morgan fingerprint density at radius 2 is 1.89 bits per heavy atom. The number of hydrogen-bond donors (Lipinski definition) is 1. The minimum atomic E-state index is 0.728. The number of ether oxygens (including phenoxy) is 1. The summed E-state index contributed by atoms with van der Waals surface area (Å²) in [6, 6.07) is 6.18. The zero-order valence-corrected chi connectivity index (χ0v) is 12.6. The van der Waals surface area contributed by atoms with E-state index in [0.29, 0.717) is 0 Å². The highest BCUT2D eigenvalue weighted by Crippen LogP contribution is 2.23. The first-order valence-corrected chi connectivity index (χ1v) is 7.44. The molecule has 19 heavy (non-hydrogen) atoms. The van der Waals surface area contributed by atoms with E-state index in [4.69, 9.17) is 10.5 Å². The van der Waals surface area contributed by atoms with Crippen molar-refractivity contribution in [1.29, 1.82) is 0 Å². The summed E-state index contributed by atoms with van der Waals surface area (Å²) >= 11 is 0. The number of nitrogens with zero attached hydrogens (tertiary/aromatic N) is 1. The van der Waals surface area contributed by atoms with Crippen LogP contribution < -0.4 is 10.5 Å². The van der Waals surface area contributed by atoms with Gasteiger partial charge in [0.1, 0.15) is 5.75 Å². The smallest absolute Gasteiger partial charge is 0.142 e. The number of hydrogen-bond acceptors (Lipinski definition) is 3. The van der Waals surface area contributed by atoms with E-state index in [1.54, 1.807) is 0 Å². The van der Waals surface area contributed by atoms with Gasteiger partial charge < -0.3 is 15.4 Å². The van der Waals surface area contributed by atoms with Crippen molar-refractivity contribution in [3.05, 3.63) is 23.8 Å². The summed E-state index contributed by atoms with van der Waals surface area (Å²) in [6.45, 7) is 10.7. The number of nitrogens with two attached hydrogens (primary N) is 1. The first-order valence-electron chi connectivity index (χ1n) is 7.44. The molecule has 3 heteroatoms. The maximum absolute atomic E-state index is 6.01. The Hall–Kier alpha value is -1.22. The molecule has 2 N–H and O–H groups in total. The summed E-state index contributed by atoms with van der Waals surface area (Å²) in [4.78, 5) is 2.45. The number of nitrogen functional groups attached to an aromatic ring is 1. The molecule has 0 saturated heterocycles. The fourth-order valence-corrected chi connectivity index (χ4v) is 2.14. The molecular formula is C16H28N2O. The molecule has 0 aliphatic carbocycles. The molecule has 0 unspecified atom stereocenters. The Morgan fingerprint density at radius 3 is 2.47 bits per heavy atom. The van der Waals surface area contributed by atoms with E-state index in [1.807, 2.05) is 12.1 Å². The first kappa shape index (κ1) is 15.8. The fraction of sp³-hybridized carbons (Fsp3) is 0.625. The van der Waals surface area contributed by atoms with Gasteiger partial charge in [0.05, 0.1) is 12.3 Å². The molecule has 108 valence electrons. The molecule has 1 aromatic rings. The summed E-state index contributed by atoms with van der Waals surface area (Å²) in [5, 5.41) is 0. The molecule has 0 saturated carbocycles. The van der Waals surface area contributed by atoms with Crippen LogP contribution in [-0.4, -0.2) is 31.1 Å². The minimum Gasteiger partial charge on any atom is -0.491 e. The van der Waals surface area contributed by atoms with Gasteiger partial charge in [0, 0.05) is 0 Å². The van der Waals surface area contributed by atoms with Gasteiger partial charge in [-0.25, -0.2) is 0 Å². The average Bonchev–Trinajstić information content (AvgIpc) is 2.43. The van der Waals surface area contributed by atoms with Crippen LogP contribution in [0, 0.1) is 0 Å². The van der Waals surface area contributed by atoms with Gasteiger partial charge in [-0.05, 0) is 56.6 Å². The normalized spacial score (nSPS) is 10.9. The van der Waals surface area contributed by atoms with Gasteiger partial charge in [-0.15, -0.1) is 0 Å². The fourth-order valence-electron chi connectivity index (χ4n) is 2.14. The molecule has 0 bridgehead atoms. The third-order valence-electron chi connectivity index (χ3n) is 3.37. The lowest BCUT2D eigenvalue weighted by atomic mass is 10.1. The van der Waals surface area contributed by atoms with E-state index >= 15 is 0 Å². The van der Waals surface area contributed by atoms with Gasteiger partial charge in [0.2, 0.25) is 0 Å². The quantitative estimate of drug-likeness (QED) is 0.695. The van der Waals surface area contributed by atoms with Crippen LogP contribution in [0.2, 0.25) is 0 Å².